The lowest BCUT2D eigenvalue weighted by Crippen LogP contribution is -2.06. The maximum atomic E-state index is 5.16. The number of thiophene rings is 1. The molecule has 6 nitrogen and oxygen atoms in total. The molecule has 0 fully saturated rings. The molecule has 0 aliphatic rings. The Hall–Kier alpha value is -5.27. The van der Waals surface area contributed by atoms with E-state index in [-0.39, 0.29) is 0 Å². The smallest absolute Gasteiger partial charge is 0.235 e. The highest BCUT2D eigenvalue weighted by atomic mass is 32.1. The van der Waals surface area contributed by atoms with E-state index < -0.39 is 0 Å². The molecule has 0 bridgehead atoms. The van der Waals surface area contributed by atoms with Gasteiger partial charge in [-0.15, -0.1) is 11.3 Å². The predicted molar refractivity (Wildman–Crippen MR) is 161 cm³/mol. The van der Waals surface area contributed by atoms with Gasteiger partial charge in [-0.25, -0.2) is 24.9 Å². The number of nitrogens with zero attached hydrogens (tertiary/aromatic N) is 6. The van der Waals surface area contributed by atoms with Gasteiger partial charge in [-0.05, 0) is 12.1 Å². The molecule has 0 atom stereocenters. The minimum Gasteiger partial charge on any atom is -0.278 e. The van der Waals surface area contributed by atoms with Gasteiger partial charge in [0, 0.05) is 38.0 Å². The molecule has 4 heterocycles. The van der Waals surface area contributed by atoms with E-state index in [4.69, 9.17) is 24.9 Å². The van der Waals surface area contributed by atoms with Crippen molar-refractivity contribution in [2.45, 2.75) is 0 Å². The van der Waals surface area contributed by atoms with Crippen LogP contribution < -0.4 is 0 Å². The molecule has 8 aromatic rings. The molecule has 4 aromatic heterocycles. The minimum atomic E-state index is 0.514. The van der Waals surface area contributed by atoms with Gasteiger partial charge in [-0.3, -0.25) is 4.57 Å². The van der Waals surface area contributed by atoms with Crippen LogP contribution in [0.2, 0.25) is 0 Å². The van der Waals surface area contributed by atoms with Crippen LogP contribution in [0.3, 0.4) is 0 Å². The van der Waals surface area contributed by atoms with Gasteiger partial charge in [0.05, 0.1) is 16.6 Å². The number of benzene rings is 4. The van der Waals surface area contributed by atoms with E-state index in [1.165, 1.54) is 0 Å². The van der Waals surface area contributed by atoms with E-state index in [0.717, 1.165) is 43.8 Å². The zero-order valence-electron chi connectivity index (χ0n) is 21.1. The highest BCUT2D eigenvalue weighted by molar-refractivity contribution is 7.09. The van der Waals surface area contributed by atoms with E-state index in [1.54, 1.807) is 11.3 Å². The third-order valence-electron chi connectivity index (χ3n) is 7.02. The van der Waals surface area contributed by atoms with Gasteiger partial charge in [0.25, 0.3) is 0 Å². The molecule has 0 aliphatic carbocycles. The summed E-state index contributed by atoms with van der Waals surface area (Å²) >= 11 is 1.59. The number of aromatic nitrogens is 6. The Morgan fingerprint density at radius 1 is 0.450 bits per heavy atom. The standard InChI is InChI=1S/C33H20N6S/c1-3-11-21(12-4-1)30-36-31(22-13-5-2-6-14-22)38-32(37-30)29-25-19-40-20-26(25)34-33(35-29)39-27-17-9-7-15-23(27)24-16-8-10-18-28(24)39/h1-20H. The van der Waals surface area contributed by atoms with Crippen molar-refractivity contribution in [2.75, 3.05) is 0 Å². The Kier molecular flexibility index (Phi) is 5.21. The lowest BCUT2D eigenvalue weighted by molar-refractivity contribution is 0.996. The van der Waals surface area contributed by atoms with Crippen molar-refractivity contribution in [1.29, 1.82) is 0 Å². The Morgan fingerprint density at radius 3 is 1.57 bits per heavy atom. The van der Waals surface area contributed by atoms with Gasteiger partial charge in [0.15, 0.2) is 17.5 Å². The van der Waals surface area contributed by atoms with E-state index in [2.05, 4.69) is 51.7 Å². The fourth-order valence-corrected chi connectivity index (χ4v) is 5.92. The lowest BCUT2D eigenvalue weighted by atomic mass is 10.2. The molecule has 40 heavy (non-hydrogen) atoms. The van der Waals surface area contributed by atoms with Gasteiger partial charge in [-0.1, -0.05) is 97.1 Å². The van der Waals surface area contributed by atoms with Crippen molar-refractivity contribution in [1.82, 2.24) is 29.5 Å². The molecule has 8 rings (SSSR count). The van der Waals surface area contributed by atoms with Crippen LogP contribution in [0.1, 0.15) is 0 Å². The number of fused-ring (bicyclic) bond motifs is 4. The molecule has 0 unspecified atom stereocenters. The zero-order valence-corrected chi connectivity index (χ0v) is 22.0. The van der Waals surface area contributed by atoms with E-state index in [1.807, 2.05) is 72.8 Å². The quantitative estimate of drug-likeness (QED) is 0.230. The molecule has 0 N–H and O–H groups in total. The molecule has 188 valence electrons. The summed E-state index contributed by atoms with van der Waals surface area (Å²) in [5.74, 6) is 2.30. The molecule has 0 radical (unpaired) electrons. The summed E-state index contributed by atoms with van der Waals surface area (Å²) in [5.41, 5.74) is 5.47. The first kappa shape index (κ1) is 22.7. The van der Waals surface area contributed by atoms with Crippen molar-refractivity contribution >= 4 is 44.0 Å². The van der Waals surface area contributed by atoms with Crippen LogP contribution in [0.4, 0.5) is 0 Å². The van der Waals surface area contributed by atoms with E-state index in [9.17, 15) is 0 Å². The molecule has 7 heteroatoms. The maximum Gasteiger partial charge on any atom is 0.235 e. The number of rotatable bonds is 4. The Labute approximate surface area is 233 Å². The summed E-state index contributed by atoms with van der Waals surface area (Å²) in [6.45, 7) is 0. The number of para-hydroxylation sites is 2. The number of hydrogen-bond acceptors (Lipinski definition) is 6. The topological polar surface area (TPSA) is 69.4 Å². The fraction of sp³-hybridized carbons (Fsp3) is 0. The summed E-state index contributed by atoms with van der Waals surface area (Å²) in [6, 6.07) is 36.7. The second kappa shape index (κ2) is 9.18. The predicted octanol–water partition coefficient (Wildman–Crippen LogP) is 7.97. The number of hydrogen-bond donors (Lipinski definition) is 0. The van der Waals surface area contributed by atoms with Gasteiger partial charge in [0.1, 0.15) is 5.69 Å². The average Bonchev–Trinajstić information content (AvgIpc) is 3.64. The monoisotopic (exact) mass is 532 g/mol. The van der Waals surface area contributed by atoms with Crippen molar-refractivity contribution in [2.24, 2.45) is 0 Å². The third kappa shape index (κ3) is 3.67. The van der Waals surface area contributed by atoms with Gasteiger partial charge in [-0.2, -0.15) is 0 Å². The molecule has 0 spiro atoms. The summed E-state index contributed by atoms with van der Waals surface area (Å²) in [4.78, 5) is 24.9. The van der Waals surface area contributed by atoms with Crippen LogP contribution in [-0.4, -0.2) is 29.5 Å². The SMILES string of the molecule is c1ccc(-c2nc(-c3ccccc3)nc(-c3nc(-n4c5ccccc5c5ccccc54)nc4cscc34)n2)cc1. The Morgan fingerprint density at radius 2 is 0.975 bits per heavy atom. The van der Waals surface area contributed by atoms with Gasteiger partial charge >= 0.3 is 0 Å². The van der Waals surface area contributed by atoms with Crippen molar-refractivity contribution < 1.29 is 0 Å². The van der Waals surface area contributed by atoms with Crippen molar-refractivity contribution in [3.8, 4) is 40.2 Å². The highest BCUT2D eigenvalue weighted by Gasteiger charge is 2.20. The van der Waals surface area contributed by atoms with Crippen LogP contribution in [0.5, 0.6) is 0 Å². The zero-order chi connectivity index (χ0) is 26.5. The molecule has 0 saturated heterocycles. The van der Waals surface area contributed by atoms with Gasteiger partial charge < -0.3 is 0 Å². The summed E-state index contributed by atoms with van der Waals surface area (Å²) < 4.78 is 2.13. The summed E-state index contributed by atoms with van der Waals surface area (Å²) in [5, 5.41) is 7.35. The van der Waals surface area contributed by atoms with E-state index in [0.29, 0.717) is 29.1 Å². The Balaban J connectivity index is 1.42. The molecular formula is C33H20N6S. The second-order valence-electron chi connectivity index (χ2n) is 9.45. The van der Waals surface area contributed by atoms with Crippen LogP contribution in [-0.2, 0) is 0 Å². The van der Waals surface area contributed by atoms with E-state index >= 15 is 0 Å². The normalized spacial score (nSPS) is 11.5. The van der Waals surface area contributed by atoms with Crippen LogP contribution in [0.25, 0.3) is 73.0 Å². The molecule has 0 saturated carbocycles. The van der Waals surface area contributed by atoms with Gasteiger partial charge in [0.2, 0.25) is 5.95 Å². The fourth-order valence-electron chi connectivity index (χ4n) is 5.17. The van der Waals surface area contributed by atoms with Crippen molar-refractivity contribution in [3.05, 3.63) is 120 Å². The molecular weight excluding hydrogens is 512 g/mol. The van der Waals surface area contributed by atoms with Crippen LogP contribution in [0.15, 0.2) is 120 Å². The average molecular weight is 533 g/mol. The highest BCUT2D eigenvalue weighted by Crippen LogP contribution is 2.34. The Bertz CT molecular complexity index is 2060. The van der Waals surface area contributed by atoms with Crippen LogP contribution in [0, 0.1) is 0 Å². The molecule has 0 amide bonds. The molecule has 4 aromatic carbocycles. The minimum absolute atomic E-state index is 0.514. The summed E-state index contributed by atoms with van der Waals surface area (Å²) in [6.07, 6.45) is 0. The second-order valence-corrected chi connectivity index (χ2v) is 10.2. The maximum absolute atomic E-state index is 5.16. The van der Waals surface area contributed by atoms with Crippen molar-refractivity contribution in [3.63, 3.8) is 0 Å². The van der Waals surface area contributed by atoms with Crippen LogP contribution >= 0.6 is 11.3 Å². The first-order chi connectivity index (χ1) is 19.8. The summed E-state index contributed by atoms with van der Waals surface area (Å²) in [7, 11) is 0. The lowest BCUT2D eigenvalue weighted by Gasteiger charge is -2.11. The first-order valence-corrected chi connectivity index (χ1v) is 13.9. The first-order valence-electron chi connectivity index (χ1n) is 12.9. The third-order valence-corrected chi connectivity index (χ3v) is 7.75. The largest absolute Gasteiger partial charge is 0.278 e. The molecule has 0 aliphatic heterocycles.